The van der Waals surface area contributed by atoms with Crippen LogP contribution in [0.2, 0.25) is 0 Å². The summed E-state index contributed by atoms with van der Waals surface area (Å²) in [5.74, 6) is 0.235. The fourth-order valence-corrected chi connectivity index (χ4v) is 13.6. The number of rotatable bonds is 77. The van der Waals surface area contributed by atoms with E-state index < -0.39 is 97.5 Å². The van der Waals surface area contributed by atoms with Crippen molar-refractivity contribution >= 4 is 39.5 Å². The molecule has 4 unspecified atom stereocenters. The summed E-state index contributed by atoms with van der Waals surface area (Å²) in [6, 6.07) is 0. The zero-order chi connectivity index (χ0) is 72.3. The van der Waals surface area contributed by atoms with Gasteiger partial charge < -0.3 is 33.8 Å². The van der Waals surface area contributed by atoms with Crippen LogP contribution >= 0.6 is 15.6 Å². The van der Waals surface area contributed by atoms with Crippen molar-refractivity contribution in [2.24, 2.45) is 17.8 Å². The topological polar surface area (TPSA) is 237 Å². The lowest BCUT2D eigenvalue weighted by Gasteiger charge is -2.21. The van der Waals surface area contributed by atoms with Crippen LogP contribution in [0.25, 0.3) is 0 Å². The van der Waals surface area contributed by atoms with E-state index in [1.54, 1.807) is 0 Å². The Bertz CT molecular complexity index is 1910. The number of phosphoric ester groups is 2. The van der Waals surface area contributed by atoms with E-state index in [4.69, 9.17) is 37.0 Å². The molecular formula is C79H154O17P2. The van der Waals surface area contributed by atoms with Crippen LogP contribution in [0.3, 0.4) is 0 Å². The van der Waals surface area contributed by atoms with Crippen LogP contribution < -0.4 is 0 Å². The Morgan fingerprint density at radius 1 is 0.296 bits per heavy atom. The van der Waals surface area contributed by atoms with Crippen molar-refractivity contribution in [1.82, 2.24) is 0 Å². The normalized spacial score (nSPS) is 14.6. The summed E-state index contributed by atoms with van der Waals surface area (Å²) in [5, 5.41) is 10.6. The molecule has 0 rings (SSSR count). The van der Waals surface area contributed by atoms with Gasteiger partial charge in [0.2, 0.25) is 0 Å². The van der Waals surface area contributed by atoms with Crippen LogP contribution in [-0.4, -0.2) is 96.7 Å². The monoisotopic (exact) mass is 1440 g/mol. The summed E-state index contributed by atoms with van der Waals surface area (Å²) < 4.78 is 68.7. The van der Waals surface area contributed by atoms with E-state index in [1.807, 2.05) is 0 Å². The van der Waals surface area contributed by atoms with Gasteiger partial charge in [-0.15, -0.1) is 0 Å². The highest BCUT2D eigenvalue weighted by Gasteiger charge is 2.30. The van der Waals surface area contributed by atoms with Crippen molar-refractivity contribution in [1.29, 1.82) is 0 Å². The third-order valence-corrected chi connectivity index (χ3v) is 21.0. The lowest BCUT2D eigenvalue weighted by atomic mass is 9.99. The molecule has 0 saturated carbocycles. The molecule has 19 heteroatoms. The van der Waals surface area contributed by atoms with Crippen LogP contribution in [0.4, 0.5) is 0 Å². The average Bonchev–Trinajstić information content (AvgIpc) is 1.34. The third kappa shape index (κ3) is 69.8. The molecule has 0 aliphatic heterocycles. The van der Waals surface area contributed by atoms with Crippen molar-refractivity contribution in [2.75, 3.05) is 39.6 Å². The highest BCUT2D eigenvalue weighted by molar-refractivity contribution is 7.47. The number of carbonyl (C=O) groups excluding carboxylic acids is 4. The van der Waals surface area contributed by atoms with E-state index in [2.05, 4.69) is 48.5 Å². The van der Waals surface area contributed by atoms with Crippen LogP contribution in [0.1, 0.15) is 408 Å². The van der Waals surface area contributed by atoms with Gasteiger partial charge in [0, 0.05) is 25.7 Å². The number of aliphatic hydroxyl groups is 1. The predicted molar refractivity (Wildman–Crippen MR) is 400 cm³/mol. The first kappa shape index (κ1) is 96.1. The first-order chi connectivity index (χ1) is 47.3. The van der Waals surface area contributed by atoms with Crippen LogP contribution in [0.5, 0.6) is 0 Å². The Balaban J connectivity index is 5.26. The van der Waals surface area contributed by atoms with Gasteiger partial charge in [0.05, 0.1) is 26.4 Å². The highest BCUT2D eigenvalue weighted by Crippen LogP contribution is 2.45. The van der Waals surface area contributed by atoms with Gasteiger partial charge in [-0.1, -0.05) is 357 Å². The van der Waals surface area contributed by atoms with E-state index in [0.717, 1.165) is 108 Å². The van der Waals surface area contributed by atoms with Crippen molar-refractivity contribution in [3.8, 4) is 0 Å². The summed E-state index contributed by atoms with van der Waals surface area (Å²) in [7, 11) is -9.92. The first-order valence-corrected chi connectivity index (χ1v) is 43.9. The fourth-order valence-electron chi connectivity index (χ4n) is 12.1. The number of unbranched alkanes of at least 4 members (excludes halogenated alkanes) is 43. The van der Waals surface area contributed by atoms with Crippen molar-refractivity contribution in [3.05, 3.63) is 0 Å². The second-order valence-corrected chi connectivity index (χ2v) is 32.3. The smallest absolute Gasteiger partial charge is 0.462 e. The quantitative estimate of drug-likeness (QED) is 0.0222. The molecule has 0 fully saturated rings. The maximum Gasteiger partial charge on any atom is 0.472 e. The molecule has 0 radical (unpaired) electrons. The summed E-state index contributed by atoms with van der Waals surface area (Å²) in [4.78, 5) is 73.0. The molecule has 0 spiro atoms. The number of hydrogen-bond acceptors (Lipinski definition) is 15. The van der Waals surface area contributed by atoms with E-state index in [-0.39, 0.29) is 25.7 Å². The fraction of sp³-hybridized carbons (Fsp3) is 0.949. The zero-order valence-corrected chi connectivity index (χ0v) is 66.0. The lowest BCUT2D eigenvalue weighted by Crippen LogP contribution is -2.30. The minimum Gasteiger partial charge on any atom is -0.462 e. The zero-order valence-electron chi connectivity index (χ0n) is 64.3. The second kappa shape index (κ2) is 69.4. The van der Waals surface area contributed by atoms with Gasteiger partial charge >= 0.3 is 39.5 Å². The molecule has 3 N–H and O–H groups in total. The van der Waals surface area contributed by atoms with Gasteiger partial charge in [-0.2, -0.15) is 0 Å². The van der Waals surface area contributed by atoms with Gasteiger partial charge in [0.15, 0.2) is 12.2 Å². The molecule has 0 saturated heterocycles. The van der Waals surface area contributed by atoms with Crippen LogP contribution in [-0.2, 0) is 65.4 Å². The SMILES string of the molecule is CCCCCCCCCCCCCCCCCCC(=O)OC[C@H](COP(=O)(O)OC[C@@H](O)COP(=O)(O)OC[C@@H](COC(=O)CCCCCCCCCCC(C)CC)OC(=O)CCCCCCCCCCC(C)CC)OC(=O)CCCCCCCCCCCCCCCCCC(C)C. The molecule has 0 amide bonds. The van der Waals surface area contributed by atoms with Gasteiger partial charge in [0.1, 0.15) is 19.3 Å². The number of phosphoric acid groups is 2. The minimum atomic E-state index is -4.96. The molecule has 0 aromatic carbocycles. The maximum atomic E-state index is 13.1. The number of hydrogen-bond donors (Lipinski definition) is 3. The lowest BCUT2D eigenvalue weighted by molar-refractivity contribution is -0.161. The van der Waals surface area contributed by atoms with Crippen LogP contribution in [0.15, 0.2) is 0 Å². The van der Waals surface area contributed by atoms with Crippen LogP contribution in [0, 0.1) is 17.8 Å². The Kier molecular flexibility index (Phi) is 68.1. The second-order valence-electron chi connectivity index (χ2n) is 29.4. The molecule has 0 bridgehead atoms. The molecule has 98 heavy (non-hydrogen) atoms. The van der Waals surface area contributed by atoms with Gasteiger partial charge in [-0.25, -0.2) is 9.13 Å². The Morgan fingerprint density at radius 3 is 0.776 bits per heavy atom. The van der Waals surface area contributed by atoms with Gasteiger partial charge in [-0.05, 0) is 43.4 Å². The summed E-state index contributed by atoms with van der Waals surface area (Å²) >= 11 is 0. The summed E-state index contributed by atoms with van der Waals surface area (Å²) in [6.45, 7) is 12.0. The number of ether oxygens (including phenoxy) is 4. The van der Waals surface area contributed by atoms with Crippen molar-refractivity contribution in [3.63, 3.8) is 0 Å². The molecule has 0 aliphatic carbocycles. The molecule has 7 atom stereocenters. The summed E-state index contributed by atoms with van der Waals surface area (Å²) in [6.07, 6.45) is 56.7. The van der Waals surface area contributed by atoms with Crippen molar-refractivity contribution in [2.45, 2.75) is 426 Å². The Morgan fingerprint density at radius 2 is 0.520 bits per heavy atom. The molecule has 582 valence electrons. The number of esters is 4. The highest BCUT2D eigenvalue weighted by atomic mass is 31.2. The predicted octanol–water partition coefficient (Wildman–Crippen LogP) is 23.4. The average molecular weight is 1440 g/mol. The van der Waals surface area contributed by atoms with E-state index in [0.29, 0.717) is 25.7 Å². The van der Waals surface area contributed by atoms with Gasteiger partial charge in [0.25, 0.3) is 0 Å². The van der Waals surface area contributed by atoms with E-state index >= 15 is 0 Å². The molecule has 17 nitrogen and oxygen atoms in total. The molecule has 0 aromatic rings. The Hall–Kier alpha value is -1.94. The first-order valence-electron chi connectivity index (χ1n) is 40.9. The molecule has 0 aromatic heterocycles. The van der Waals surface area contributed by atoms with E-state index in [9.17, 15) is 43.2 Å². The van der Waals surface area contributed by atoms with Crippen molar-refractivity contribution < 1.29 is 80.2 Å². The number of carbonyl (C=O) groups is 4. The molecular weight excluding hydrogens is 1280 g/mol. The Labute approximate surface area is 600 Å². The largest absolute Gasteiger partial charge is 0.472 e. The maximum absolute atomic E-state index is 13.1. The third-order valence-electron chi connectivity index (χ3n) is 19.1. The molecule has 0 aliphatic rings. The summed E-state index contributed by atoms with van der Waals surface area (Å²) in [5.41, 5.74) is 0. The van der Waals surface area contributed by atoms with E-state index in [1.165, 1.54) is 218 Å². The standard InChI is InChI=1S/C79H154O17P2/c1-8-11-12-13-14-15-16-17-18-21-24-27-30-39-46-53-60-76(81)89-66-74(95-78(83)62-55-48-41-31-28-25-22-19-20-23-26-29-36-43-50-57-70(4)5)68-93-97(85,86)91-64-73(80)65-92-98(87,88)94-69-75(96-79(84)63-56-49-42-35-33-38-45-52-59-72(7)10-3)67-90-77(82)61-54-47-40-34-32-37-44-51-58-71(6)9-2/h70-75,80H,8-69H2,1-7H3,(H,85,86)(H,87,88)/t71?,72?,73-,74-,75-/m1/s1. The number of aliphatic hydroxyl groups excluding tert-OH is 1. The minimum absolute atomic E-state index is 0.105. The van der Waals surface area contributed by atoms with Gasteiger partial charge in [-0.3, -0.25) is 37.3 Å². The molecule has 0 heterocycles.